The first-order valence-corrected chi connectivity index (χ1v) is 16.1. The van der Waals surface area contributed by atoms with Crippen LogP contribution in [-0.4, -0.2) is 0 Å². The van der Waals surface area contributed by atoms with Gasteiger partial charge in [0.15, 0.2) is 0 Å². The fourth-order valence-electron chi connectivity index (χ4n) is 2.18. The predicted octanol–water partition coefficient (Wildman–Crippen LogP) is 5.65. The molecule has 95 valence electrons. The molecule has 2 aromatic carbocycles. The van der Waals surface area contributed by atoms with Crippen molar-refractivity contribution in [3.05, 3.63) is 83.3 Å². The van der Waals surface area contributed by atoms with Gasteiger partial charge in [0.25, 0.3) is 0 Å². The molecule has 3 rings (SSSR count). The van der Waals surface area contributed by atoms with Crippen LogP contribution >= 0.6 is 38.4 Å². The van der Waals surface area contributed by atoms with Crippen LogP contribution in [0.5, 0.6) is 0 Å². The third-order valence-corrected chi connectivity index (χ3v) is 3.01. The summed E-state index contributed by atoms with van der Waals surface area (Å²) in [6.07, 6.45) is 5.46. The Morgan fingerprint density at radius 3 is 2.16 bits per heavy atom. The van der Waals surface area contributed by atoms with E-state index in [9.17, 15) is 0 Å². The molecule has 0 heterocycles. The zero-order valence-corrected chi connectivity index (χ0v) is 16.2. The van der Waals surface area contributed by atoms with E-state index in [2.05, 4.69) is 105 Å². The van der Waals surface area contributed by atoms with Gasteiger partial charge in [0.05, 0.1) is 0 Å². The normalized spacial score (nSPS) is 12.5. The van der Waals surface area contributed by atoms with Crippen molar-refractivity contribution >= 4 is 44.5 Å². The average molecular weight is 507 g/mol. The Balaban J connectivity index is 0.000000408. The molecule has 0 nitrogen and oxygen atoms in total. The van der Waals surface area contributed by atoms with E-state index in [1.165, 1.54) is 22.6 Å². The number of benzene rings is 2. The van der Waals surface area contributed by atoms with Gasteiger partial charge in [0.2, 0.25) is 0 Å². The molecule has 0 aromatic heterocycles. The minimum atomic E-state index is 0.440. The second kappa shape index (κ2) is 8.60. The van der Waals surface area contributed by atoms with Gasteiger partial charge >= 0.3 is 50.0 Å². The number of allylic oxidation sites excluding steroid dienone is 1. The van der Waals surface area contributed by atoms with Crippen LogP contribution in [0.1, 0.15) is 16.7 Å². The predicted molar refractivity (Wildman–Crippen MR) is 96.0 cm³/mol. The Kier molecular flexibility index (Phi) is 7.12. The third-order valence-electron chi connectivity index (χ3n) is 3.01. The molecule has 0 amide bonds. The van der Waals surface area contributed by atoms with E-state index in [1.54, 1.807) is 0 Å². The van der Waals surface area contributed by atoms with Gasteiger partial charge in [-0.2, -0.15) is 0 Å². The van der Waals surface area contributed by atoms with Crippen molar-refractivity contribution in [3.8, 4) is 0 Å². The Morgan fingerprint density at radius 2 is 1.42 bits per heavy atom. The van der Waals surface area contributed by atoms with Gasteiger partial charge in [-0.15, -0.1) is 0 Å². The molecular formula is C16H13I2Ti. The maximum absolute atomic E-state index is 2.40. The molecule has 0 saturated carbocycles. The SMILES string of the molecule is C1=Cc2ccccc2[C]1Cc1ccccc1.[I][Ti][I]. The van der Waals surface area contributed by atoms with E-state index in [1.807, 2.05) is 0 Å². The second-order valence-corrected chi connectivity index (χ2v) is 17.4. The molecule has 1 aliphatic carbocycles. The maximum atomic E-state index is 2.40. The molecule has 0 unspecified atom stereocenters. The van der Waals surface area contributed by atoms with Crippen molar-refractivity contribution < 1.29 is 11.7 Å². The van der Waals surface area contributed by atoms with Crippen molar-refractivity contribution in [2.45, 2.75) is 6.42 Å². The average Bonchev–Trinajstić information content (AvgIpc) is 2.85. The van der Waals surface area contributed by atoms with Crippen LogP contribution in [0.3, 0.4) is 0 Å². The molecule has 19 heavy (non-hydrogen) atoms. The van der Waals surface area contributed by atoms with Crippen LogP contribution in [0, 0.1) is 5.92 Å². The van der Waals surface area contributed by atoms with Crippen molar-refractivity contribution in [1.29, 1.82) is 0 Å². The molecule has 2 aromatic rings. The summed E-state index contributed by atoms with van der Waals surface area (Å²) in [5, 5.41) is 0. The van der Waals surface area contributed by atoms with Gasteiger partial charge in [-0.3, -0.25) is 0 Å². The summed E-state index contributed by atoms with van der Waals surface area (Å²) in [6.45, 7) is 0. The van der Waals surface area contributed by atoms with Crippen molar-refractivity contribution in [3.63, 3.8) is 0 Å². The molecule has 0 saturated heterocycles. The molecule has 1 radical (unpaired) electrons. The fourth-order valence-corrected chi connectivity index (χ4v) is 2.18. The first-order valence-electron chi connectivity index (χ1n) is 5.98. The number of hydrogen-bond donors (Lipinski definition) is 0. The summed E-state index contributed by atoms with van der Waals surface area (Å²) >= 11 is 5.24. The van der Waals surface area contributed by atoms with Gasteiger partial charge < -0.3 is 0 Å². The summed E-state index contributed by atoms with van der Waals surface area (Å²) in [7, 11) is 0. The molecule has 0 N–H and O–H groups in total. The molecule has 0 aliphatic heterocycles. The zero-order valence-electron chi connectivity index (χ0n) is 10.3. The monoisotopic (exact) mass is 507 g/mol. The van der Waals surface area contributed by atoms with Gasteiger partial charge in [0, 0.05) is 5.92 Å². The van der Waals surface area contributed by atoms with E-state index in [0.29, 0.717) is 11.7 Å². The van der Waals surface area contributed by atoms with E-state index in [-0.39, 0.29) is 0 Å². The summed E-state index contributed by atoms with van der Waals surface area (Å²) in [5.74, 6) is 1.42. The van der Waals surface area contributed by atoms with Gasteiger partial charge in [-0.25, -0.2) is 0 Å². The van der Waals surface area contributed by atoms with E-state index in [0.717, 1.165) is 6.42 Å². The summed E-state index contributed by atoms with van der Waals surface area (Å²) in [6, 6.07) is 19.2. The van der Waals surface area contributed by atoms with Gasteiger partial charge in [-0.05, 0) is 23.1 Å². The van der Waals surface area contributed by atoms with Crippen molar-refractivity contribution in [2.75, 3.05) is 0 Å². The number of hydrogen-bond acceptors (Lipinski definition) is 0. The van der Waals surface area contributed by atoms with Gasteiger partial charge in [0.1, 0.15) is 0 Å². The van der Waals surface area contributed by atoms with E-state index >= 15 is 0 Å². The van der Waals surface area contributed by atoms with Crippen molar-refractivity contribution in [1.82, 2.24) is 0 Å². The first-order chi connectivity index (χ1) is 9.35. The Labute approximate surface area is 144 Å². The molecule has 0 spiro atoms. The minimum absolute atomic E-state index is 0.440. The zero-order chi connectivity index (χ0) is 13.5. The van der Waals surface area contributed by atoms with Gasteiger partial charge in [-0.1, -0.05) is 66.7 Å². The van der Waals surface area contributed by atoms with Crippen LogP contribution in [0.15, 0.2) is 60.7 Å². The van der Waals surface area contributed by atoms with Crippen LogP contribution in [-0.2, 0) is 18.1 Å². The Morgan fingerprint density at radius 1 is 0.789 bits per heavy atom. The standard InChI is InChI=1S/C16H13.2HI.Ti/c1-2-6-13(7-3-1)12-15-11-10-14-8-4-5-9-16(14)15;;;/h1-11H,12H2;2*1H;/q;;;+2/p-2. The molecular weight excluding hydrogens is 494 g/mol. The molecule has 0 bridgehead atoms. The van der Waals surface area contributed by atoms with Crippen LogP contribution in [0.2, 0.25) is 0 Å². The second-order valence-electron chi connectivity index (χ2n) is 4.18. The quantitative estimate of drug-likeness (QED) is 0.365. The fraction of sp³-hybridized carbons (Fsp3) is 0.0625. The first kappa shape index (κ1) is 15.7. The number of rotatable bonds is 2. The Hall–Kier alpha value is 0.354. The van der Waals surface area contributed by atoms with Crippen LogP contribution in [0.25, 0.3) is 6.08 Å². The van der Waals surface area contributed by atoms with E-state index < -0.39 is 0 Å². The molecule has 0 fully saturated rings. The molecule has 1 aliphatic rings. The third kappa shape index (κ3) is 4.69. The van der Waals surface area contributed by atoms with Crippen molar-refractivity contribution in [2.24, 2.45) is 0 Å². The van der Waals surface area contributed by atoms with Crippen LogP contribution < -0.4 is 0 Å². The summed E-state index contributed by atoms with van der Waals surface area (Å²) < 4.78 is 0. The van der Waals surface area contributed by atoms with Crippen LogP contribution in [0.4, 0.5) is 0 Å². The van der Waals surface area contributed by atoms with E-state index in [4.69, 9.17) is 0 Å². The number of halogens is 2. The number of fused-ring (bicyclic) bond motifs is 1. The topological polar surface area (TPSA) is 0 Å². The summed E-state index contributed by atoms with van der Waals surface area (Å²) in [4.78, 5) is 0. The molecule has 3 heteroatoms. The Bertz CT molecular complexity index is 537. The molecule has 0 atom stereocenters. The summed E-state index contributed by atoms with van der Waals surface area (Å²) in [5.41, 5.74) is 4.10.